The van der Waals surface area contributed by atoms with Crippen LogP contribution in [0.15, 0.2) is 0 Å². The van der Waals surface area contributed by atoms with Crippen LogP contribution in [0.3, 0.4) is 0 Å². The van der Waals surface area contributed by atoms with Gasteiger partial charge in [-0.05, 0) is 36.5 Å². The van der Waals surface area contributed by atoms with Crippen LogP contribution >= 0.6 is 0 Å². The molecule has 0 bridgehead atoms. The summed E-state index contributed by atoms with van der Waals surface area (Å²) in [5.74, 6) is 1.76. The zero-order chi connectivity index (χ0) is 14.2. The van der Waals surface area contributed by atoms with Gasteiger partial charge in [-0.2, -0.15) is 5.26 Å². The first-order valence-electron chi connectivity index (χ1n) is 7.68. The minimum absolute atomic E-state index is 0.275. The van der Waals surface area contributed by atoms with Crippen LogP contribution < -0.4 is 0 Å². The van der Waals surface area contributed by atoms with Crippen molar-refractivity contribution in [3.8, 4) is 6.07 Å². The molecule has 0 spiro atoms. The SMILES string of the molecule is CCC(CCCC(C#N)CC(C)C)CC(C)(C)C. The Morgan fingerprint density at radius 2 is 1.72 bits per heavy atom. The summed E-state index contributed by atoms with van der Waals surface area (Å²) in [6, 6.07) is 2.47. The maximum Gasteiger partial charge on any atom is 0.0655 e. The van der Waals surface area contributed by atoms with Crippen molar-refractivity contribution in [3.63, 3.8) is 0 Å². The Bertz CT molecular complexity index is 241. The summed E-state index contributed by atoms with van der Waals surface area (Å²) in [7, 11) is 0. The smallest absolute Gasteiger partial charge is 0.0655 e. The number of hydrogen-bond acceptors (Lipinski definition) is 1. The summed E-state index contributed by atoms with van der Waals surface area (Å²) < 4.78 is 0. The Labute approximate surface area is 115 Å². The fourth-order valence-electron chi connectivity index (χ4n) is 2.77. The summed E-state index contributed by atoms with van der Waals surface area (Å²) >= 11 is 0. The molecule has 0 aliphatic rings. The molecule has 0 rings (SSSR count). The minimum Gasteiger partial charge on any atom is -0.198 e. The van der Waals surface area contributed by atoms with Gasteiger partial charge in [0, 0.05) is 5.92 Å². The molecule has 0 aliphatic carbocycles. The standard InChI is InChI=1S/C17H33N/c1-7-15(12-17(4,5)6)9-8-10-16(13-18)11-14(2)3/h14-16H,7-12H2,1-6H3. The molecule has 0 radical (unpaired) electrons. The van der Waals surface area contributed by atoms with Crippen LogP contribution in [0.1, 0.15) is 80.1 Å². The van der Waals surface area contributed by atoms with E-state index < -0.39 is 0 Å². The van der Waals surface area contributed by atoms with Crippen LogP contribution in [0, 0.1) is 34.5 Å². The second-order valence-corrected chi connectivity index (χ2v) is 7.43. The summed E-state index contributed by atoms with van der Waals surface area (Å²) in [5, 5.41) is 9.13. The molecule has 1 heteroatoms. The van der Waals surface area contributed by atoms with Crippen molar-refractivity contribution in [3.05, 3.63) is 0 Å². The molecular formula is C17H33N. The number of rotatable bonds is 8. The van der Waals surface area contributed by atoms with E-state index in [-0.39, 0.29) is 5.92 Å². The molecule has 0 fully saturated rings. The molecule has 0 N–H and O–H groups in total. The monoisotopic (exact) mass is 251 g/mol. The second kappa shape index (κ2) is 8.57. The number of nitriles is 1. The van der Waals surface area contributed by atoms with Gasteiger partial charge in [-0.15, -0.1) is 0 Å². The van der Waals surface area contributed by atoms with Gasteiger partial charge >= 0.3 is 0 Å². The highest BCUT2D eigenvalue weighted by Crippen LogP contribution is 2.30. The predicted molar refractivity (Wildman–Crippen MR) is 80.3 cm³/mol. The molecule has 0 aromatic rings. The van der Waals surface area contributed by atoms with Gasteiger partial charge in [0.25, 0.3) is 0 Å². The highest BCUT2D eigenvalue weighted by molar-refractivity contribution is 4.83. The van der Waals surface area contributed by atoms with Crippen LogP contribution in [-0.2, 0) is 0 Å². The molecular weight excluding hydrogens is 218 g/mol. The Morgan fingerprint density at radius 3 is 2.11 bits per heavy atom. The number of hydrogen-bond donors (Lipinski definition) is 0. The summed E-state index contributed by atoms with van der Waals surface area (Å²) in [6.07, 6.45) is 7.26. The zero-order valence-electron chi connectivity index (χ0n) is 13.4. The van der Waals surface area contributed by atoms with Crippen LogP contribution in [0.2, 0.25) is 0 Å². The van der Waals surface area contributed by atoms with Crippen molar-refractivity contribution in [2.24, 2.45) is 23.2 Å². The highest BCUT2D eigenvalue weighted by atomic mass is 14.3. The van der Waals surface area contributed by atoms with Crippen LogP contribution in [0.5, 0.6) is 0 Å². The molecule has 0 aliphatic heterocycles. The largest absolute Gasteiger partial charge is 0.198 e. The molecule has 0 saturated heterocycles. The third-order valence-electron chi connectivity index (χ3n) is 3.58. The van der Waals surface area contributed by atoms with E-state index in [9.17, 15) is 0 Å². The van der Waals surface area contributed by atoms with Crippen molar-refractivity contribution < 1.29 is 0 Å². The quantitative estimate of drug-likeness (QED) is 0.534. The van der Waals surface area contributed by atoms with E-state index >= 15 is 0 Å². The normalized spacial score (nSPS) is 15.4. The van der Waals surface area contributed by atoms with Gasteiger partial charge in [0.2, 0.25) is 0 Å². The topological polar surface area (TPSA) is 23.8 Å². The molecule has 1 nitrogen and oxygen atoms in total. The van der Waals surface area contributed by atoms with Crippen molar-refractivity contribution in [1.82, 2.24) is 0 Å². The molecule has 0 saturated carbocycles. The Balaban J connectivity index is 3.96. The van der Waals surface area contributed by atoms with E-state index in [2.05, 4.69) is 47.6 Å². The van der Waals surface area contributed by atoms with Gasteiger partial charge in [-0.25, -0.2) is 0 Å². The van der Waals surface area contributed by atoms with E-state index in [4.69, 9.17) is 5.26 Å². The van der Waals surface area contributed by atoms with Crippen molar-refractivity contribution in [2.75, 3.05) is 0 Å². The third kappa shape index (κ3) is 9.51. The Kier molecular flexibility index (Phi) is 8.32. The van der Waals surface area contributed by atoms with Gasteiger partial charge in [-0.1, -0.05) is 60.8 Å². The first-order valence-corrected chi connectivity index (χ1v) is 7.68. The third-order valence-corrected chi connectivity index (χ3v) is 3.58. The second-order valence-electron chi connectivity index (χ2n) is 7.43. The lowest BCUT2D eigenvalue weighted by Gasteiger charge is -2.25. The average Bonchev–Trinajstić information content (AvgIpc) is 2.23. The summed E-state index contributed by atoms with van der Waals surface area (Å²) in [4.78, 5) is 0. The van der Waals surface area contributed by atoms with E-state index in [1.54, 1.807) is 0 Å². The molecule has 0 aromatic carbocycles. The lowest BCUT2D eigenvalue weighted by atomic mass is 9.80. The molecule has 0 heterocycles. The molecule has 2 unspecified atom stereocenters. The highest BCUT2D eigenvalue weighted by Gasteiger charge is 2.18. The van der Waals surface area contributed by atoms with E-state index in [1.807, 2.05) is 0 Å². The average molecular weight is 251 g/mol. The Morgan fingerprint density at radius 1 is 1.11 bits per heavy atom. The maximum absolute atomic E-state index is 9.13. The van der Waals surface area contributed by atoms with Crippen LogP contribution in [0.4, 0.5) is 0 Å². The lowest BCUT2D eigenvalue weighted by molar-refractivity contribution is 0.268. The van der Waals surface area contributed by atoms with Gasteiger partial charge in [0.05, 0.1) is 6.07 Å². The molecule has 18 heavy (non-hydrogen) atoms. The molecule has 0 amide bonds. The summed E-state index contributed by atoms with van der Waals surface area (Å²) in [5.41, 5.74) is 0.438. The van der Waals surface area contributed by atoms with E-state index in [0.29, 0.717) is 11.3 Å². The number of nitrogens with zero attached hydrogens (tertiary/aromatic N) is 1. The first kappa shape index (κ1) is 17.5. The van der Waals surface area contributed by atoms with Crippen molar-refractivity contribution >= 4 is 0 Å². The van der Waals surface area contributed by atoms with Crippen molar-refractivity contribution in [2.45, 2.75) is 80.1 Å². The fourth-order valence-corrected chi connectivity index (χ4v) is 2.77. The van der Waals surface area contributed by atoms with Gasteiger partial charge in [0.1, 0.15) is 0 Å². The Hall–Kier alpha value is -0.510. The fraction of sp³-hybridized carbons (Fsp3) is 0.941. The first-order chi connectivity index (χ1) is 8.28. The van der Waals surface area contributed by atoms with Gasteiger partial charge in [-0.3, -0.25) is 0 Å². The lowest BCUT2D eigenvalue weighted by Crippen LogP contribution is -2.13. The van der Waals surface area contributed by atoms with Crippen LogP contribution in [0.25, 0.3) is 0 Å². The molecule has 2 atom stereocenters. The molecule has 106 valence electrons. The van der Waals surface area contributed by atoms with E-state index in [0.717, 1.165) is 18.8 Å². The van der Waals surface area contributed by atoms with Crippen molar-refractivity contribution in [1.29, 1.82) is 5.26 Å². The van der Waals surface area contributed by atoms with Gasteiger partial charge in [0.15, 0.2) is 0 Å². The zero-order valence-corrected chi connectivity index (χ0v) is 13.4. The van der Waals surface area contributed by atoms with Gasteiger partial charge < -0.3 is 0 Å². The molecule has 0 aromatic heterocycles. The van der Waals surface area contributed by atoms with Crippen LogP contribution in [-0.4, -0.2) is 0 Å². The predicted octanol–water partition coefficient (Wildman–Crippen LogP) is 5.80. The van der Waals surface area contributed by atoms with E-state index in [1.165, 1.54) is 25.7 Å². The maximum atomic E-state index is 9.13. The summed E-state index contributed by atoms with van der Waals surface area (Å²) in [6.45, 7) is 13.7. The minimum atomic E-state index is 0.275.